The minimum atomic E-state index is -0.673. The molecule has 1 amide bonds. The van der Waals surface area contributed by atoms with E-state index >= 15 is 0 Å². The van der Waals surface area contributed by atoms with Crippen LogP contribution in [0.3, 0.4) is 0 Å². The fourth-order valence-electron chi connectivity index (χ4n) is 2.47. The maximum absolute atomic E-state index is 12.5. The summed E-state index contributed by atoms with van der Waals surface area (Å²) in [5, 5.41) is 17.2. The molecule has 122 valence electrons. The molecule has 1 aromatic heterocycles. The van der Waals surface area contributed by atoms with Gasteiger partial charge in [-0.15, -0.1) is 0 Å². The summed E-state index contributed by atoms with van der Waals surface area (Å²) >= 11 is 12.1. The number of aromatic nitrogens is 2. The molecule has 0 saturated carbocycles. The molecule has 2 aromatic rings. The van der Waals surface area contributed by atoms with Crippen molar-refractivity contribution in [3.63, 3.8) is 0 Å². The Hall–Kier alpha value is -1.76. The van der Waals surface area contributed by atoms with Crippen LogP contribution >= 0.6 is 23.2 Å². The van der Waals surface area contributed by atoms with Gasteiger partial charge in [0, 0.05) is 13.0 Å². The molecule has 0 aliphatic carbocycles. The number of rotatable bonds is 4. The Kier molecular flexibility index (Phi) is 4.75. The Morgan fingerprint density at radius 2 is 2.30 bits per heavy atom. The number of halogens is 2. The molecule has 1 aromatic carbocycles. The lowest BCUT2D eigenvalue weighted by Gasteiger charge is -2.19. The van der Waals surface area contributed by atoms with Gasteiger partial charge < -0.3 is 15.2 Å². The van der Waals surface area contributed by atoms with E-state index in [1.165, 1.54) is 6.20 Å². The van der Waals surface area contributed by atoms with Gasteiger partial charge >= 0.3 is 0 Å². The standard InChI is InChI=1S/C15H15Cl2N3O3/c16-11-4-1-3-9(13(11)17)12(8-21)19-14(22)10-7-18-20-5-2-6-23-15(10)20/h1,3-4,7,12,21H,2,5-6,8H2,(H,19,22). The van der Waals surface area contributed by atoms with E-state index in [1.807, 2.05) is 0 Å². The highest BCUT2D eigenvalue weighted by Gasteiger charge is 2.25. The minimum absolute atomic E-state index is 0.307. The maximum Gasteiger partial charge on any atom is 0.258 e. The van der Waals surface area contributed by atoms with Crippen LogP contribution in [0.2, 0.25) is 10.0 Å². The van der Waals surface area contributed by atoms with Gasteiger partial charge in [0.05, 0.1) is 35.5 Å². The van der Waals surface area contributed by atoms with Gasteiger partial charge in [-0.05, 0) is 11.6 Å². The number of aliphatic hydroxyl groups is 1. The third-order valence-corrected chi connectivity index (χ3v) is 4.47. The number of carbonyl (C=O) groups is 1. The number of aliphatic hydroxyl groups excluding tert-OH is 1. The second kappa shape index (κ2) is 6.78. The van der Waals surface area contributed by atoms with Gasteiger partial charge in [-0.25, -0.2) is 4.68 Å². The van der Waals surface area contributed by atoms with Crippen molar-refractivity contribution < 1.29 is 14.6 Å². The van der Waals surface area contributed by atoms with Crippen LogP contribution in [0.5, 0.6) is 5.88 Å². The minimum Gasteiger partial charge on any atom is -0.477 e. The summed E-state index contributed by atoms with van der Waals surface area (Å²) < 4.78 is 7.16. The van der Waals surface area contributed by atoms with Crippen molar-refractivity contribution in [1.82, 2.24) is 15.1 Å². The third kappa shape index (κ3) is 3.15. The Labute approximate surface area is 143 Å². The lowest BCUT2D eigenvalue weighted by molar-refractivity contribution is 0.0909. The van der Waals surface area contributed by atoms with Gasteiger partial charge in [-0.3, -0.25) is 4.79 Å². The number of fused-ring (bicyclic) bond motifs is 1. The molecule has 1 aliphatic rings. The van der Waals surface area contributed by atoms with Crippen molar-refractivity contribution in [3.8, 4) is 5.88 Å². The Morgan fingerprint density at radius 3 is 3.09 bits per heavy atom. The SMILES string of the molecule is O=C(NC(CO)c1cccc(Cl)c1Cl)c1cnn2c1OCCC2. The molecule has 23 heavy (non-hydrogen) atoms. The molecule has 8 heteroatoms. The van der Waals surface area contributed by atoms with Gasteiger partial charge in [0.15, 0.2) is 0 Å². The summed E-state index contributed by atoms with van der Waals surface area (Å²) in [7, 11) is 0. The second-order valence-corrected chi connectivity index (χ2v) is 5.93. The number of ether oxygens (including phenoxy) is 1. The first-order chi connectivity index (χ1) is 11.1. The Balaban J connectivity index is 1.83. The lowest BCUT2D eigenvalue weighted by Crippen LogP contribution is -2.31. The summed E-state index contributed by atoms with van der Waals surface area (Å²) in [5.74, 6) is 0.0610. The molecular weight excluding hydrogens is 341 g/mol. The van der Waals surface area contributed by atoms with Crippen LogP contribution in [0, 0.1) is 0 Å². The van der Waals surface area contributed by atoms with Crippen molar-refractivity contribution in [2.24, 2.45) is 0 Å². The van der Waals surface area contributed by atoms with Gasteiger partial charge in [0.2, 0.25) is 5.88 Å². The molecule has 0 spiro atoms. The van der Waals surface area contributed by atoms with E-state index in [-0.39, 0.29) is 12.5 Å². The molecule has 6 nitrogen and oxygen atoms in total. The van der Waals surface area contributed by atoms with E-state index < -0.39 is 6.04 Å². The highest BCUT2D eigenvalue weighted by Crippen LogP contribution is 2.30. The van der Waals surface area contributed by atoms with Crippen LogP contribution in [0.15, 0.2) is 24.4 Å². The molecule has 0 bridgehead atoms. The average Bonchev–Trinajstić information content (AvgIpc) is 2.99. The van der Waals surface area contributed by atoms with Crippen LogP contribution in [0.1, 0.15) is 28.4 Å². The lowest BCUT2D eigenvalue weighted by atomic mass is 10.1. The number of hydrogen-bond acceptors (Lipinski definition) is 4. The number of nitrogens with zero attached hydrogens (tertiary/aromatic N) is 2. The predicted molar refractivity (Wildman–Crippen MR) is 86.1 cm³/mol. The smallest absolute Gasteiger partial charge is 0.258 e. The summed E-state index contributed by atoms with van der Waals surface area (Å²) in [6.45, 7) is 0.956. The second-order valence-electron chi connectivity index (χ2n) is 5.14. The molecule has 1 aliphatic heterocycles. The van der Waals surface area contributed by atoms with Gasteiger partial charge in [0.25, 0.3) is 5.91 Å². The highest BCUT2D eigenvalue weighted by atomic mass is 35.5. The van der Waals surface area contributed by atoms with Gasteiger partial charge in [-0.2, -0.15) is 5.10 Å². The van der Waals surface area contributed by atoms with Crippen LogP contribution in [0.25, 0.3) is 0 Å². The zero-order chi connectivity index (χ0) is 16.4. The summed E-state index contributed by atoms with van der Waals surface area (Å²) in [6.07, 6.45) is 2.32. The Morgan fingerprint density at radius 1 is 1.48 bits per heavy atom. The Bertz CT molecular complexity index is 733. The quantitative estimate of drug-likeness (QED) is 0.882. The molecule has 1 atom stereocenters. The molecule has 2 heterocycles. The third-order valence-electron chi connectivity index (χ3n) is 3.63. The predicted octanol–water partition coefficient (Wildman–Crippen LogP) is 2.44. The first-order valence-corrected chi connectivity index (χ1v) is 7.91. The average molecular weight is 356 g/mol. The zero-order valence-corrected chi connectivity index (χ0v) is 13.6. The summed E-state index contributed by atoms with van der Waals surface area (Å²) in [6, 6.07) is 4.39. The van der Waals surface area contributed by atoms with Crippen LogP contribution in [0.4, 0.5) is 0 Å². The van der Waals surface area contributed by atoms with E-state index in [0.29, 0.717) is 40.2 Å². The number of carbonyl (C=O) groups excluding carboxylic acids is 1. The van der Waals surface area contributed by atoms with Crippen molar-refractivity contribution in [2.75, 3.05) is 13.2 Å². The van der Waals surface area contributed by atoms with E-state index in [2.05, 4.69) is 10.4 Å². The fourth-order valence-corrected chi connectivity index (χ4v) is 2.91. The molecule has 3 rings (SSSR count). The summed E-state index contributed by atoms with van der Waals surface area (Å²) in [5.41, 5.74) is 0.887. The number of aryl methyl sites for hydroxylation is 1. The molecule has 0 radical (unpaired) electrons. The number of nitrogens with one attached hydrogen (secondary N) is 1. The van der Waals surface area contributed by atoms with Gasteiger partial charge in [0.1, 0.15) is 5.56 Å². The van der Waals surface area contributed by atoms with Crippen molar-refractivity contribution >= 4 is 29.1 Å². The number of amides is 1. The highest BCUT2D eigenvalue weighted by molar-refractivity contribution is 6.42. The molecule has 0 saturated heterocycles. The number of benzene rings is 1. The first-order valence-electron chi connectivity index (χ1n) is 7.16. The summed E-state index contributed by atoms with van der Waals surface area (Å²) in [4.78, 5) is 12.5. The monoisotopic (exact) mass is 355 g/mol. The van der Waals surface area contributed by atoms with E-state index in [0.717, 1.165) is 6.42 Å². The van der Waals surface area contributed by atoms with Crippen molar-refractivity contribution in [1.29, 1.82) is 0 Å². The molecule has 2 N–H and O–H groups in total. The molecular formula is C15H15Cl2N3O3. The fraction of sp³-hybridized carbons (Fsp3) is 0.333. The van der Waals surface area contributed by atoms with E-state index in [4.69, 9.17) is 27.9 Å². The van der Waals surface area contributed by atoms with Crippen LogP contribution in [-0.4, -0.2) is 34.0 Å². The van der Waals surface area contributed by atoms with Gasteiger partial charge in [-0.1, -0.05) is 35.3 Å². The van der Waals surface area contributed by atoms with Crippen molar-refractivity contribution in [3.05, 3.63) is 45.6 Å². The van der Waals surface area contributed by atoms with Crippen LogP contribution < -0.4 is 10.1 Å². The van der Waals surface area contributed by atoms with Crippen LogP contribution in [-0.2, 0) is 6.54 Å². The maximum atomic E-state index is 12.5. The molecule has 1 unspecified atom stereocenters. The number of hydrogen-bond donors (Lipinski definition) is 2. The normalized spacial score (nSPS) is 14.7. The van der Waals surface area contributed by atoms with E-state index in [1.54, 1.807) is 22.9 Å². The topological polar surface area (TPSA) is 76.4 Å². The van der Waals surface area contributed by atoms with E-state index in [9.17, 15) is 9.90 Å². The zero-order valence-electron chi connectivity index (χ0n) is 12.1. The first kappa shape index (κ1) is 16.1. The largest absolute Gasteiger partial charge is 0.477 e. The molecule has 0 fully saturated rings. The van der Waals surface area contributed by atoms with Crippen molar-refractivity contribution in [2.45, 2.75) is 19.0 Å².